The second kappa shape index (κ2) is 9.61. The predicted octanol–water partition coefficient (Wildman–Crippen LogP) is 1.68. The summed E-state index contributed by atoms with van der Waals surface area (Å²) in [6, 6.07) is 7.32. The van der Waals surface area contributed by atoms with E-state index < -0.39 is 0 Å². The number of anilines is 1. The number of carbonyl (C=O) groups excluding carboxylic acids is 1. The Morgan fingerprint density at radius 3 is 2.79 bits per heavy atom. The lowest BCUT2D eigenvalue weighted by Crippen LogP contribution is -2.45. The topological polar surface area (TPSA) is 54.0 Å². The Bertz CT molecular complexity index is 518. The van der Waals surface area contributed by atoms with Gasteiger partial charge in [-0.25, -0.2) is 0 Å². The van der Waals surface area contributed by atoms with Gasteiger partial charge in [-0.05, 0) is 33.0 Å². The van der Waals surface area contributed by atoms with Crippen molar-refractivity contribution in [3.05, 3.63) is 24.3 Å². The monoisotopic (exact) mass is 335 g/mol. The summed E-state index contributed by atoms with van der Waals surface area (Å²) in [5.41, 5.74) is 0.720. The Morgan fingerprint density at radius 1 is 1.38 bits per heavy atom. The van der Waals surface area contributed by atoms with E-state index in [4.69, 9.17) is 9.47 Å². The number of nitrogens with one attached hydrogen (secondary N) is 1. The number of nitrogens with zero attached hydrogens (tertiary/aromatic N) is 2. The average molecular weight is 335 g/mol. The molecule has 0 bridgehead atoms. The number of morpholine rings is 1. The standard InChI is InChI=1S/C18H29N3O3/c1-4-24-17-8-6-5-7-16(17)19-18(22)15(2)20(3)9-10-21-11-13-23-14-12-21/h5-8,15H,4,9-14H2,1-3H3,(H,19,22). The third-order valence-electron chi connectivity index (χ3n) is 4.36. The molecule has 0 spiro atoms. The van der Waals surface area contributed by atoms with Crippen molar-refractivity contribution < 1.29 is 14.3 Å². The van der Waals surface area contributed by atoms with Gasteiger partial charge in [-0.1, -0.05) is 12.1 Å². The fourth-order valence-electron chi connectivity index (χ4n) is 2.61. The molecule has 24 heavy (non-hydrogen) atoms. The van der Waals surface area contributed by atoms with Crippen LogP contribution in [0.2, 0.25) is 0 Å². The second-order valence-electron chi connectivity index (χ2n) is 6.03. The molecular weight excluding hydrogens is 306 g/mol. The summed E-state index contributed by atoms with van der Waals surface area (Å²) in [4.78, 5) is 17.0. The van der Waals surface area contributed by atoms with Gasteiger partial charge >= 0.3 is 0 Å². The molecule has 1 aromatic rings. The van der Waals surface area contributed by atoms with E-state index in [9.17, 15) is 4.79 Å². The van der Waals surface area contributed by atoms with Crippen molar-refractivity contribution >= 4 is 11.6 Å². The van der Waals surface area contributed by atoms with Crippen molar-refractivity contribution in [2.45, 2.75) is 19.9 Å². The zero-order chi connectivity index (χ0) is 17.4. The molecule has 1 heterocycles. The molecule has 1 fully saturated rings. The molecule has 1 aliphatic heterocycles. The first-order valence-corrected chi connectivity index (χ1v) is 8.65. The van der Waals surface area contributed by atoms with Crippen molar-refractivity contribution in [3.63, 3.8) is 0 Å². The van der Waals surface area contributed by atoms with Gasteiger partial charge in [0.15, 0.2) is 0 Å². The van der Waals surface area contributed by atoms with Crippen molar-refractivity contribution in [1.29, 1.82) is 0 Å². The van der Waals surface area contributed by atoms with Crippen LogP contribution in [-0.4, -0.2) is 74.8 Å². The maximum atomic E-state index is 12.5. The Balaban J connectivity index is 1.84. The quantitative estimate of drug-likeness (QED) is 0.783. The Morgan fingerprint density at radius 2 is 2.08 bits per heavy atom. The van der Waals surface area contributed by atoms with E-state index in [1.165, 1.54) is 0 Å². The van der Waals surface area contributed by atoms with Crippen LogP contribution in [0.4, 0.5) is 5.69 Å². The zero-order valence-corrected chi connectivity index (χ0v) is 15.0. The van der Waals surface area contributed by atoms with Crippen molar-refractivity contribution in [1.82, 2.24) is 9.80 Å². The highest BCUT2D eigenvalue weighted by atomic mass is 16.5. The van der Waals surface area contributed by atoms with Crippen LogP contribution < -0.4 is 10.1 Å². The summed E-state index contributed by atoms with van der Waals surface area (Å²) in [6.07, 6.45) is 0. The number of hydrogen-bond acceptors (Lipinski definition) is 5. The van der Waals surface area contributed by atoms with Gasteiger partial charge in [0.2, 0.25) is 5.91 Å². The fraction of sp³-hybridized carbons (Fsp3) is 0.611. The molecule has 1 amide bonds. The highest BCUT2D eigenvalue weighted by Gasteiger charge is 2.20. The molecule has 1 N–H and O–H groups in total. The van der Waals surface area contributed by atoms with Crippen molar-refractivity contribution in [2.24, 2.45) is 0 Å². The summed E-state index contributed by atoms with van der Waals surface area (Å²) in [5.74, 6) is 0.683. The number of benzene rings is 1. The second-order valence-corrected chi connectivity index (χ2v) is 6.03. The van der Waals surface area contributed by atoms with E-state index in [1.54, 1.807) is 0 Å². The predicted molar refractivity (Wildman–Crippen MR) is 95.6 cm³/mol. The van der Waals surface area contributed by atoms with E-state index >= 15 is 0 Å². The zero-order valence-electron chi connectivity index (χ0n) is 15.0. The summed E-state index contributed by atoms with van der Waals surface area (Å²) in [7, 11) is 1.99. The first-order chi connectivity index (χ1) is 11.6. The average Bonchev–Trinajstić information content (AvgIpc) is 2.61. The lowest BCUT2D eigenvalue weighted by molar-refractivity contribution is -0.120. The number of carbonyl (C=O) groups is 1. The van der Waals surface area contributed by atoms with Crippen LogP contribution in [-0.2, 0) is 9.53 Å². The lowest BCUT2D eigenvalue weighted by Gasteiger charge is -2.30. The van der Waals surface area contributed by atoms with Gasteiger partial charge in [-0.3, -0.25) is 14.6 Å². The molecule has 0 aliphatic carbocycles. The van der Waals surface area contributed by atoms with Gasteiger partial charge < -0.3 is 14.8 Å². The van der Waals surface area contributed by atoms with Gasteiger partial charge in [0.25, 0.3) is 0 Å². The summed E-state index contributed by atoms with van der Waals surface area (Å²) in [6.45, 7) is 9.77. The molecule has 1 atom stereocenters. The Labute approximate surface area is 144 Å². The molecule has 6 nitrogen and oxygen atoms in total. The summed E-state index contributed by atoms with van der Waals surface area (Å²) < 4.78 is 10.9. The Kier molecular flexibility index (Phi) is 7.49. The van der Waals surface area contributed by atoms with Gasteiger partial charge in [0.1, 0.15) is 5.75 Å². The van der Waals surface area contributed by atoms with Gasteiger partial charge in [0.05, 0.1) is 31.5 Å². The van der Waals surface area contributed by atoms with Crippen LogP contribution in [0.3, 0.4) is 0 Å². The minimum absolute atomic E-state index is 0.0216. The van der Waals surface area contributed by atoms with E-state index in [0.717, 1.165) is 45.1 Å². The number of para-hydroxylation sites is 2. The van der Waals surface area contributed by atoms with Crippen LogP contribution in [0.1, 0.15) is 13.8 Å². The lowest BCUT2D eigenvalue weighted by atomic mass is 10.2. The summed E-state index contributed by atoms with van der Waals surface area (Å²) in [5, 5.41) is 2.97. The molecule has 0 radical (unpaired) electrons. The van der Waals surface area contributed by atoms with Crippen molar-refractivity contribution in [2.75, 3.05) is 58.4 Å². The Hall–Kier alpha value is -1.63. The van der Waals surface area contributed by atoms with Gasteiger partial charge in [-0.15, -0.1) is 0 Å². The van der Waals surface area contributed by atoms with Crippen LogP contribution >= 0.6 is 0 Å². The number of rotatable bonds is 8. The highest BCUT2D eigenvalue weighted by Crippen LogP contribution is 2.24. The molecular formula is C18H29N3O3. The van der Waals surface area contributed by atoms with E-state index in [-0.39, 0.29) is 11.9 Å². The molecule has 1 aliphatic rings. The molecule has 0 aromatic heterocycles. The first kappa shape index (κ1) is 18.7. The molecule has 2 rings (SSSR count). The van der Waals surface area contributed by atoms with Crippen LogP contribution in [0.25, 0.3) is 0 Å². The van der Waals surface area contributed by atoms with Gasteiger partial charge in [0, 0.05) is 26.2 Å². The molecule has 134 valence electrons. The summed E-state index contributed by atoms with van der Waals surface area (Å²) >= 11 is 0. The van der Waals surface area contributed by atoms with E-state index in [2.05, 4.69) is 15.1 Å². The SMILES string of the molecule is CCOc1ccccc1NC(=O)C(C)N(C)CCN1CCOCC1. The highest BCUT2D eigenvalue weighted by molar-refractivity contribution is 5.95. The van der Waals surface area contributed by atoms with E-state index in [0.29, 0.717) is 12.4 Å². The number of ether oxygens (including phenoxy) is 2. The van der Waals surface area contributed by atoms with E-state index in [1.807, 2.05) is 45.2 Å². The smallest absolute Gasteiger partial charge is 0.241 e. The van der Waals surface area contributed by atoms with Crippen LogP contribution in [0.5, 0.6) is 5.75 Å². The van der Waals surface area contributed by atoms with Gasteiger partial charge in [-0.2, -0.15) is 0 Å². The minimum Gasteiger partial charge on any atom is -0.492 e. The number of likely N-dealkylation sites (N-methyl/N-ethyl adjacent to an activating group) is 1. The fourth-order valence-corrected chi connectivity index (χ4v) is 2.61. The maximum absolute atomic E-state index is 12.5. The number of amides is 1. The molecule has 0 saturated carbocycles. The maximum Gasteiger partial charge on any atom is 0.241 e. The molecule has 1 unspecified atom stereocenters. The first-order valence-electron chi connectivity index (χ1n) is 8.65. The minimum atomic E-state index is -0.208. The van der Waals surface area contributed by atoms with Crippen LogP contribution in [0, 0.1) is 0 Å². The third kappa shape index (κ3) is 5.47. The largest absolute Gasteiger partial charge is 0.492 e. The molecule has 6 heteroatoms. The molecule has 1 aromatic carbocycles. The normalized spacial score (nSPS) is 16.8. The van der Waals surface area contributed by atoms with Crippen LogP contribution in [0.15, 0.2) is 24.3 Å². The number of hydrogen-bond donors (Lipinski definition) is 1. The van der Waals surface area contributed by atoms with Crippen molar-refractivity contribution in [3.8, 4) is 5.75 Å². The molecule has 1 saturated heterocycles. The third-order valence-corrected chi connectivity index (χ3v) is 4.36.